The van der Waals surface area contributed by atoms with Crippen molar-refractivity contribution in [3.8, 4) is 22.6 Å². The van der Waals surface area contributed by atoms with Crippen LogP contribution >= 0.6 is 0 Å². The van der Waals surface area contributed by atoms with Crippen molar-refractivity contribution in [2.75, 3.05) is 20.8 Å². The fourth-order valence-corrected chi connectivity index (χ4v) is 3.29. The average molecular weight is 325 g/mol. The summed E-state index contributed by atoms with van der Waals surface area (Å²) in [5.41, 5.74) is 4.17. The molecule has 2 aromatic carbocycles. The van der Waals surface area contributed by atoms with Crippen molar-refractivity contribution in [2.45, 2.75) is 26.3 Å². The summed E-state index contributed by atoms with van der Waals surface area (Å²) in [5.74, 6) is 1.76. The fraction of sp³-hybridized carbons (Fsp3) is 0.350. The van der Waals surface area contributed by atoms with Gasteiger partial charge in [-0.25, -0.2) is 0 Å². The van der Waals surface area contributed by atoms with Gasteiger partial charge in [0.2, 0.25) is 5.91 Å². The highest BCUT2D eigenvalue weighted by Gasteiger charge is 2.23. The van der Waals surface area contributed by atoms with Crippen molar-refractivity contribution in [2.24, 2.45) is 0 Å². The number of hydrogen-bond donors (Lipinski definition) is 0. The van der Waals surface area contributed by atoms with E-state index >= 15 is 0 Å². The molecule has 0 spiro atoms. The molecule has 1 heterocycles. The zero-order valence-electron chi connectivity index (χ0n) is 14.5. The summed E-state index contributed by atoms with van der Waals surface area (Å²) in [7, 11) is 3.33. The van der Waals surface area contributed by atoms with Gasteiger partial charge in [0.15, 0.2) is 0 Å². The number of nitrogens with zero attached hydrogens (tertiary/aromatic N) is 1. The summed E-state index contributed by atoms with van der Waals surface area (Å²) in [4.78, 5) is 13.9. The van der Waals surface area contributed by atoms with E-state index in [0.717, 1.165) is 41.2 Å². The van der Waals surface area contributed by atoms with Crippen LogP contribution in [0.2, 0.25) is 0 Å². The van der Waals surface area contributed by atoms with Crippen molar-refractivity contribution < 1.29 is 14.3 Å². The second-order valence-corrected chi connectivity index (χ2v) is 6.12. The van der Waals surface area contributed by atoms with Gasteiger partial charge in [0, 0.05) is 25.1 Å². The topological polar surface area (TPSA) is 38.8 Å². The summed E-state index contributed by atoms with van der Waals surface area (Å²) in [5, 5.41) is 0. The molecule has 4 heteroatoms. The molecule has 3 rings (SSSR count). The minimum atomic E-state index is 0.213. The molecule has 1 saturated heterocycles. The molecule has 0 aliphatic carbocycles. The predicted molar refractivity (Wildman–Crippen MR) is 94.4 cm³/mol. The van der Waals surface area contributed by atoms with Crippen molar-refractivity contribution in [3.63, 3.8) is 0 Å². The maximum absolute atomic E-state index is 12.0. The third-order valence-corrected chi connectivity index (χ3v) is 4.46. The van der Waals surface area contributed by atoms with E-state index in [9.17, 15) is 4.79 Å². The van der Waals surface area contributed by atoms with Crippen LogP contribution in [0.3, 0.4) is 0 Å². The maximum Gasteiger partial charge on any atom is 0.222 e. The molecule has 1 amide bonds. The van der Waals surface area contributed by atoms with E-state index in [1.807, 2.05) is 23.1 Å². The smallest absolute Gasteiger partial charge is 0.222 e. The zero-order valence-corrected chi connectivity index (χ0v) is 14.5. The fourth-order valence-electron chi connectivity index (χ4n) is 3.29. The van der Waals surface area contributed by atoms with Crippen LogP contribution in [0.1, 0.15) is 24.0 Å². The first kappa shape index (κ1) is 16.4. The van der Waals surface area contributed by atoms with Gasteiger partial charge < -0.3 is 14.4 Å². The van der Waals surface area contributed by atoms with Gasteiger partial charge >= 0.3 is 0 Å². The van der Waals surface area contributed by atoms with Gasteiger partial charge in [0.05, 0.1) is 19.8 Å². The normalized spacial score (nSPS) is 14.1. The quantitative estimate of drug-likeness (QED) is 0.839. The van der Waals surface area contributed by atoms with Gasteiger partial charge in [0.1, 0.15) is 11.5 Å². The number of aryl methyl sites for hydroxylation is 1. The lowest BCUT2D eigenvalue weighted by atomic mass is 9.98. The molecule has 0 bridgehead atoms. The molecule has 1 aliphatic rings. The Kier molecular flexibility index (Phi) is 4.74. The summed E-state index contributed by atoms with van der Waals surface area (Å²) in [6, 6.07) is 12.2. The SMILES string of the molecule is COc1ccc(CN2CCCC2=O)c(OC)c1-c1cccc(C)c1. The van der Waals surface area contributed by atoms with Gasteiger partial charge in [-0.2, -0.15) is 0 Å². The number of likely N-dealkylation sites (tertiary alicyclic amines) is 1. The minimum Gasteiger partial charge on any atom is -0.496 e. The molecule has 24 heavy (non-hydrogen) atoms. The van der Waals surface area contributed by atoms with Gasteiger partial charge in [0.25, 0.3) is 0 Å². The molecule has 0 radical (unpaired) electrons. The van der Waals surface area contributed by atoms with Gasteiger partial charge in [-0.05, 0) is 31.0 Å². The number of benzene rings is 2. The highest BCUT2D eigenvalue weighted by Crippen LogP contribution is 2.41. The van der Waals surface area contributed by atoms with E-state index in [1.54, 1.807) is 14.2 Å². The Morgan fingerprint density at radius 1 is 1.12 bits per heavy atom. The van der Waals surface area contributed by atoms with E-state index in [0.29, 0.717) is 13.0 Å². The number of ether oxygens (including phenoxy) is 2. The molecule has 4 nitrogen and oxygen atoms in total. The first-order chi connectivity index (χ1) is 11.6. The highest BCUT2D eigenvalue weighted by atomic mass is 16.5. The largest absolute Gasteiger partial charge is 0.496 e. The maximum atomic E-state index is 12.0. The molecular formula is C20H23NO3. The summed E-state index contributed by atoms with van der Waals surface area (Å²) in [6.45, 7) is 3.45. The second-order valence-electron chi connectivity index (χ2n) is 6.12. The van der Waals surface area contributed by atoms with Crippen LogP contribution in [0.5, 0.6) is 11.5 Å². The van der Waals surface area contributed by atoms with Gasteiger partial charge in [-0.1, -0.05) is 29.8 Å². The standard InChI is InChI=1S/C20H23NO3/c1-14-6-4-7-15(12-14)19-17(23-2)10-9-16(20(19)24-3)13-21-11-5-8-18(21)22/h4,6-7,9-10,12H,5,8,11,13H2,1-3H3. The Labute approximate surface area is 143 Å². The molecule has 1 fully saturated rings. The molecule has 2 aromatic rings. The van der Waals surface area contributed by atoms with E-state index in [2.05, 4.69) is 25.1 Å². The number of amides is 1. The van der Waals surface area contributed by atoms with Gasteiger partial charge in [-0.3, -0.25) is 4.79 Å². The molecule has 0 aromatic heterocycles. The summed E-state index contributed by atoms with van der Waals surface area (Å²) >= 11 is 0. The van der Waals surface area contributed by atoms with Gasteiger partial charge in [-0.15, -0.1) is 0 Å². The van der Waals surface area contributed by atoms with Crippen molar-refractivity contribution in [1.29, 1.82) is 0 Å². The highest BCUT2D eigenvalue weighted by molar-refractivity contribution is 5.80. The third kappa shape index (κ3) is 3.09. The monoisotopic (exact) mass is 325 g/mol. The van der Waals surface area contributed by atoms with E-state index in [-0.39, 0.29) is 5.91 Å². The molecule has 0 atom stereocenters. The molecule has 0 N–H and O–H groups in total. The third-order valence-electron chi connectivity index (χ3n) is 4.46. The Balaban J connectivity index is 2.08. The number of carbonyl (C=O) groups excluding carboxylic acids is 1. The Bertz CT molecular complexity index is 755. The van der Waals surface area contributed by atoms with Crippen LogP contribution in [0.4, 0.5) is 0 Å². The zero-order chi connectivity index (χ0) is 17.1. The average Bonchev–Trinajstić information content (AvgIpc) is 2.99. The molecular weight excluding hydrogens is 302 g/mol. The Morgan fingerprint density at radius 2 is 1.96 bits per heavy atom. The summed E-state index contributed by atoms with van der Waals surface area (Å²) < 4.78 is 11.3. The second kappa shape index (κ2) is 6.95. The van der Waals surface area contributed by atoms with Crippen molar-refractivity contribution in [3.05, 3.63) is 47.5 Å². The lowest BCUT2D eigenvalue weighted by Crippen LogP contribution is -2.24. The van der Waals surface area contributed by atoms with Crippen LogP contribution in [-0.4, -0.2) is 31.6 Å². The van der Waals surface area contributed by atoms with Crippen LogP contribution in [0, 0.1) is 6.92 Å². The first-order valence-electron chi connectivity index (χ1n) is 8.22. The van der Waals surface area contributed by atoms with E-state index in [4.69, 9.17) is 9.47 Å². The van der Waals surface area contributed by atoms with Crippen molar-refractivity contribution >= 4 is 5.91 Å². The molecule has 126 valence electrons. The predicted octanol–water partition coefficient (Wildman–Crippen LogP) is 3.80. The van der Waals surface area contributed by atoms with E-state index in [1.165, 1.54) is 5.56 Å². The van der Waals surface area contributed by atoms with Crippen LogP contribution in [0.15, 0.2) is 36.4 Å². The van der Waals surface area contributed by atoms with Crippen molar-refractivity contribution in [1.82, 2.24) is 4.90 Å². The lowest BCUT2D eigenvalue weighted by molar-refractivity contribution is -0.128. The molecule has 0 unspecified atom stereocenters. The number of methoxy groups -OCH3 is 2. The Morgan fingerprint density at radius 3 is 2.58 bits per heavy atom. The van der Waals surface area contributed by atoms with Crippen LogP contribution in [0.25, 0.3) is 11.1 Å². The van der Waals surface area contributed by atoms with Crippen LogP contribution < -0.4 is 9.47 Å². The number of carbonyl (C=O) groups is 1. The number of rotatable bonds is 5. The molecule has 0 saturated carbocycles. The molecule has 1 aliphatic heterocycles. The van der Waals surface area contributed by atoms with Crippen LogP contribution in [-0.2, 0) is 11.3 Å². The number of hydrogen-bond acceptors (Lipinski definition) is 3. The lowest BCUT2D eigenvalue weighted by Gasteiger charge is -2.21. The Hall–Kier alpha value is -2.49. The minimum absolute atomic E-state index is 0.213. The van der Waals surface area contributed by atoms with E-state index < -0.39 is 0 Å². The first-order valence-corrected chi connectivity index (χ1v) is 8.22. The summed E-state index contributed by atoms with van der Waals surface area (Å²) in [6.07, 6.45) is 1.57.